The number of nitrogens with zero attached hydrogens (tertiary/aromatic N) is 3. The van der Waals surface area contributed by atoms with Crippen LogP contribution < -0.4 is 14.8 Å². The molecule has 3 rings (SSSR count). The van der Waals surface area contributed by atoms with Gasteiger partial charge in [0.05, 0.1) is 0 Å². The number of fused-ring (bicyclic) bond motifs is 1. The van der Waals surface area contributed by atoms with Crippen molar-refractivity contribution in [1.29, 1.82) is 0 Å². The van der Waals surface area contributed by atoms with E-state index >= 15 is 0 Å². The van der Waals surface area contributed by atoms with Gasteiger partial charge in [0.1, 0.15) is 12.0 Å². The minimum atomic E-state index is -0.0366. The monoisotopic (exact) mass is 274 g/mol. The average molecular weight is 274 g/mol. The van der Waals surface area contributed by atoms with E-state index in [9.17, 15) is 0 Å². The molecule has 0 saturated heterocycles. The van der Waals surface area contributed by atoms with E-state index in [1.165, 1.54) is 0 Å². The molecule has 0 aliphatic carbocycles. The summed E-state index contributed by atoms with van der Waals surface area (Å²) < 4.78 is 10.7. The predicted octanol–water partition coefficient (Wildman–Crippen LogP) is 1.57. The van der Waals surface area contributed by atoms with Gasteiger partial charge in [0.2, 0.25) is 12.8 Å². The van der Waals surface area contributed by atoms with Crippen LogP contribution in [-0.4, -0.2) is 36.7 Å². The first-order chi connectivity index (χ1) is 9.61. The summed E-state index contributed by atoms with van der Waals surface area (Å²) in [4.78, 5) is 10.9. The molecule has 0 aromatic heterocycles. The minimum absolute atomic E-state index is 0.0366. The fourth-order valence-corrected chi connectivity index (χ4v) is 2.29. The number of hydrogen-bond donors (Lipinski definition) is 1. The van der Waals surface area contributed by atoms with Crippen LogP contribution in [0.15, 0.2) is 28.2 Å². The van der Waals surface area contributed by atoms with Crippen molar-refractivity contribution in [3.05, 3.63) is 23.8 Å². The summed E-state index contributed by atoms with van der Waals surface area (Å²) in [5.41, 5.74) is 1.15. The molecule has 0 spiro atoms. The van der Waals surface area contributed by atoms with E-state index in [4.69, 9.17) is 9.47 Å². The van der Waals surface area contributed by atoms with E-state index in [0.29, 0.717) is 6.79 Å². The van der Waals surface area contributed by atoms with Crippen LogP contribution in [0, 0.1) is 0 Å². The fraction of sp³-hybridized carbons (Fsp3) is 0.429. The molecule has 2 aliphatic heterocycles. The van der Waals surface area contributed by atoms with Gasteiger partial charge in [-0.25, -0.2) is 9.98 Å². The van der Waals surface area contributed by atoms with Crippen LogP contribution in [0.2, 0.25) is 0 Å². The van der Waals surface area contributed by atoms with Gasteiger partial charge < -0.3 is 19.7 Å². The van der Waals surface area contributed by atoms with Gasteiger partial charge in [0, 0.05) is 13.6 Å². The molecule has 0 bridgehead atoms. The lowest BCUT2D eigenvalue weighted by Gasteiger charge is -2.26. The predicted molar refractivity (Wildman–Crippen MR) is 77.2 cm³/mol. The maximum Gasteiger partial charge on any atom is 0.231 e. The number of aliphatic imine (C=N–C) groups is 2. The molecule has 1 aromatic carbocycles. The molecule has 2 heterocycles. The first-order valence-corrected chi connectivity index (χ1v) is 6.61. The van der Waals surface area contributed by atoms with E-state index in [1.807, 2.05) is 39.1 Å². The summed E-state index contributed by atoms with van der Waals surface area (Å²) in [7, 11) is 2.00. The highest BCUT2D eigenvalue weighted by molar-refractivity contribution is 5.99. The summed E-state index contributed by atoms with van der Waals surface area (Å²) in [6.07, 6.45) is -0.0366. The molecule has 2 aliphatic rings. The minimum Gasteiger partial charge on any atom is -0.454 e. The molecule has 106 valence electrons. The molecular formula is C14H18N4O2. The Morgan fingerprint density at radius 2 is 2.10 bits per heavy atom. The first kappa shape index (κ1) is 12.8. The van der Waals surface area contributed by atoms with Crippen molar-refractivity contribution in [2.75, 3.05) is 13.8 Å². The maximum absolute atomic E-state index is 5.39. The Bertz CT molecular complexity index is 583. The Kier molecular flexibility index (Phi) is 3.22. The highest BCUT2D eigenvalue weighted by atomic mass is 16.7. The Hall–Kier alpha value is -2.24. The summed E-state index contributed by atoms with van der Waals surface area (Å²) >= 11 is 0. The van der Waals surface area contributed by atoms with Gasteiger partial charge in [-0.3, -0.25) is 0 Å². The first-order valence-electron chi connectivity index (χ1n) is 6.61. The number of guanidine groups is 1. The van der Waals surface area contributed by atoms with E-state index in [1.54, 1.807) is 0 Å². The van der Waals surface area contributed by atoms with Crippen molar-refractivity contribution >= 4 is 11.8 Å². The van der Waals surface area contributed by atoms with E-state index in [2.05, 4.69) is 20.2 Å². The third-order valence-corrected chi connectivity index (χ3v) is 3.20. The van der Waals surface area contributed by atoms with Crippen molar-refractivity contribution in [1.82, 2.24) is 10.2 Å². The largest absolute Gasteiger partial charge is 0.454 e. The van der Waals surface area contributed by atoms with Crippen molar-refractivity contribution in [3.8, 4) is 11.5 Å². The second-order valence-electron chi connectivity index (χ2n) is 4.97. The van der Waals surface area contributed by atoms with Gasteiger partial charge in [-0.2, -0.15) is 0 Å². The number of benzene rings is 1. The summed E-state index contributed by atoms with van der Waals surface area (Å²) in [5, 5.41) is 3.19. The lowest BCUT2D eigenvalue weighted by molar-refractivity contribution is 0.174. The molecule has 0 fully saturated rings. The van der Waals surface area contributed by atoms with Gasteiger partial charge in [0.15, 0.2) is 11.5 Å². The van der Waals surface area contributed by atoms with Gasteiger partial charge in [0.25, 0.3) is 0 Å². The van der Waals surface area contributed by atoms with Crippen LogP contribution in [0.3, 0.4) is 0 Å². The number of ether oxygens (including phenoxy) is 2. The zero-order valence-corrected chi connectivity index (χ0v) is 11.9. The lowest BCUT2D eigenvalue weighted by Crippen LogP contribution is -2.44. The molecule has 1 atom stereocenters. The topological polar surface area (TPSA) is 58.5 Å². The highest BCUT2D eigenvalue weighted by Gasteiger charge is 2.17. The zero-order chi connectivity index (χ0) is 14.1. The molecule has 0 radical (unpaired) electrons. The van der Waals surface area contributed by atoms with Crippen molar-refractivity contribution in [3.63, 3.8) is 0 Å². The van der Waals surface area contributed by atoms with E-state index in [0.717, 1.165) is 35.4 Å². The van der Waals surface area contributed by atoms with Crippen LogP contribution in [0.25, 0.3) is 0 Å². The third kappa shape index (κ3) is 2.54. The van der Waals surface area contributed by atoms with Gasteiger partial charge >= 0.3 is 0 Å². The molecule has 6 nitrogen and oxygen atoms in total. The third-order valence-electron chi connectivity index (χ3n) is 3.20. The second kappa shape index (κ2) is 5.03. The average Bonchev–Trinajstić information content (AvgIpc) is 2.85. The zero-order valence-electron chi connectivity index (χ0n) is 11.9. The molecule has 1 aromatic rings. The SMILES string of the molecule is CC1=NC(C)N=C(N(C)Cc2ccc3c(c2)OCO3)N1. The molecule has 20 heavy (non-hydrogen) atoms. The van der Waals surface area contributed by atoms with Crippen molar-refractivity contribution in [2.45, 2.75) is 26.6 Å². The molecule has 1 unspecified atom stereocenters. The smallest absolute Gasteiger partial charge is 0.231 e. The van der Waals surface area contributed by atoms with Crippen LogP contribution in [-0.2, 0) is 6.54 Å². The Labute approximate surface area is 118 Å². The second-order valence-corrected chi connectivity index (χ2v) is 4.97. The lowest BCUT2D eigenvalue weighted by atomic mass is 10.2. The highest BCUT2D eigenvalue weighted by Crippen LogP contribution is 2.32. The Balaban J connectivity index is 1.71. The summed E-state index contributed by atoms with van der Waals surface area (Å²) in [6, 6.07) is 5.99. The number of nitrogens with one attached hydrogen (secondary N) is 1. The number of hydrogen-bond acceptors (Lipinski definition) is 6. The standard InChI is InChI=1S/C14H18N4O2/c1-9-15-10(2)17-14(16-9)18(3)7-11-4-5-12-13(6-11)20-8-19-12/h4-6,9H,7-8H2,1-3H3,(H,15,16,17). The molecule has 6 heteroatoms. The van der Waals surface area contributed by atoms with Crippen LogP contribution in [0.1, 0.15) is 19.4 Å². The molecule has 0 saturated carbocycles. The summed E-state index contributed by atoms with van der Waals surface area (Å²) in [6.45, 7) is 4.96. The number of rotatable bonds is 2. The van der Waals surface area contributed by atoms with E-state index in [-0.39, 0.29) is 6.17 Å². The van der Waals surface area contributed by atoms with E-state index < -0.39 is 0 Å². The number of amidine groups is 1. The normalized spacial score (nSPS) is 20.1. The molecule has 0 amide bonds. The molecule has 1 N–H and O–H groups in total. The van der Waals surface area contributed by atoms with Crippen LogP contribution in [0.4, 0.5) is 0 Å². The summed E-state index contributed by atoms with van der Waals surface area (Å²) in [5.74, 6) is 3.34. The molecular weight excluding hydrogens is 256 g/mol. The van der Waals surface area contributed by atoms with Gasteiger partial charge in [-0.15, -0.1) is 0 Å². The Morgan fingerprint density at radius 1 is 1.30 bits per heavy atom. The fourth-order valence-electron chi connectivity index (χ4n) is 2.29. The van der Waals surface area contributed by atoms with Crippen LogP contribution >= 0.6 is 0 Å². The van der Waals surface area contributed by atoms with Gasteiger partial charge in [-0.05, 0) is 31.5 Å². The quantitative estimate of drug-likeness (QED) is 0.889. The Morgan fingerprint density at radius 3 is 2.90 bits per heavy atom. The van der Waals surface area contributed by atoms with Crippen LogP contribution in [0.5, 0.6) is 11.5 Å². The van der Waals surface area contributed by atoms with Crippen molar-refractivity contribution in [2.24, 2.45) is 9.98 Å². The van der Waals surface area contributed by atoms with Crippen molar-refractivity contribution < 1.29 is 9.47 Å². The maximum atomic E-state index is 5.39. The van der Waals surface area contributed by atoms with Gasteiger partial charge in [-0.1, -0.05) is 6.07 Å².